The number of nitrogens with one attached hydrogen (secondary N) is 1. The van der Waals surface area contributed by atoms with Crippen LogP contribution in [0.25, 0.3) is 0 Å². The molecule has 1 N–H and O–H groups in total. The first-order valence-electron chi connectivity index (χ1n) is 6.94. The number of hydrogen-bond donors (Lipinski definition) is 1. The predicted molar refractivity (Wildman–Crippen MR) is 77.9 cm³/mol. The Bertz CT molecular complexity index is 312. The topological polar surface area (TPSA) is 21.3 Å². The lowest BCUT2D eigenvalue weighted by molar-refractivity contribution is 0.190. The fourth-order valence-corrected chi connectivity index (χ4v) is 2.50. The largest absolute Gasteiger partial charge is 0.383 e. The van der Waals surface area contributed by atoms with Gasteiger partial charge in [0, 0.05) is 20.2 Å². The van der Waals surface area contributed by atoms with Crippen molar-refractivity contribution in [2.75, 3.05) is 26.8 Å². The molecule has 102 valence electrons. The van der Waals surface area contributed by atoms with E-state index in [-0.39, 0.29) is 0 Å². The first-order valence-corrected chi connectivity index (χ1v) is 6.94. The second kappa shape index (κ2) is 8.28. The molecule has 0 aliphatic heterocycles. The van der Waals surface area contributed by atoms with Crippen LogP contribution in [0.4, 0.5) is 0 Å². The van der Waals surface area contributed by atoms with Crippen molar-refractivity contribution in [2.24, 2.45) is 5.41 Å². The maximum Gasteiger partial charge on any atom is 0.0587 e. The molecule has 2 nitrogen and oxygen atoms in total. The highest BCUT2D eigenvalue weighted by atomic mass is 16.5. The van der Waals surface area contributed by atoms with Crippen LogP contribution in [0.15, 0.2) is 30.3 Å². The van der Waals surface area contributed by atoms with Gasteiger partial charge in [0.1, 0.15) is 0 Å². The molecule has 1 aromatic rings. The minimum atomic E-state index is 0.337. The van der Waals surface area contributed by atoms with Crippen molar-refractivity contribution in [3.05, 3.63) is 35.9 Å². The van der Waals surface area contributed by atoms with Crippen LogP contribution in [0.2, 0.25) is 0 Å². The molecule has 0 aliphatic rings. The first kappa shape index (κ1) is 15.2. The zero-order chi connectivity index (χ0) is 13.3. The smallest absolute Gasteiger partial charge is 0.0587 e. The molecule has 0 saturated carbocycles. The van der Waals surface area contributed by atoms with Crippen LogP contribution in [-0.2, 0) is 11.2 Å². The Balaban J connectivity index is 2.51. The lowest BCUT2D eigenvalue weighted by Gasteiger charge is -2.30. The molecule has 1 aromatic carbocycles. The summed E-state index contributed by atoms with van der Waals surface area (Å²) in [4.78, 5) is 0. The van der Waals surface area contributed by atoms with Crippen molar-refractivity contribution in [3.8, 4) is 0 Å². The van der Waals surface area contributed by atoms with E-state index in [2.05, 4.69) is 49.5 Å². The van der Waals surface area contributed by atoms with Gasteiger partial charge in [-0.2, -0.15) is 0 Å². The summed E-state index contributed by atoms with van der Waals surface area (Å²) >= 11 is 0. The van der Waals surface area contributed by atoms with Gasteiger partial charge >= 0.3 is 0 Å². The van der Waals surface area contributed by atoms with Crippen molar-refractivity contribution in [1.29, 1.82) is 0 Å². The van der Waals surface area contributed by atoms with Crippen molar-refractivity contribution in [1.82, 2.24) is 5.32 Å². The van der Waals surface area contributed by atoms with Crippen LogP contribution in [0.5, 0.6) is 0 Å². The third-order valence-electron chi connectivity index (χ3n) is 3.36. The van der Waals surface area contributed by atoms with E-state index in [9.17, 15) is 0 Å². The van der Waals surface area contributed by atoms with Crippen molar-refractivity contribution >= 4 is 0 Å². The van der Waals surface area contributed by atoms with Gasteiger partial charge in [-0.25, -0.2) is 0 Å². The molecular weight excluding hydrogens is 222 g/mol. The van der Waals surface area contributed by atoms with Crippen molar-refractivity contribution < 1.29 is 4.74 Å². The fraction of sp³-hybridized carbons (Fsp3) is 0.625. The van der Waals surface area contributed by atoms with Crippen LogP contribution in [0.3, 0.4) is 0 Å². The van der Waals surface area contributed by atoms with Gasteiger partial charge < -0.3 is 10.1 Å². The van der Waals surface area contributed by atoms with E-state index >= 15 is 0 Å². The van der Waals surface area contributed by atoms with Crippen LogP contribution in [-0.4, -0.2) is 26.8 Å². The second-order valence-electron chi connectivity index (χ2n) is 5.39. The molecule has 0 spiro atoms. The maximum atomic E-state index is 5.07. The van der Waals surface area contributed by atoms with Gasteiger partial charge in [-0.1, -0.05) is 50.6 Å². The summed E-state index contributed by atoms with van der Waals surface area (Å²) in [6, 6.07) is 10.8. The molecule has 1 unspecified atom stereocenters. The molecule has 0 saturated heterocycles. The number of methoxy groups -OCH3 is 1. The molecule has 0 bridgehead atoms. The zero-order valence-electron chi connectivity index (χ0n) is 12.0. The Morgan fingerprint density at radius 3 is 2.56 bits per heavy atom. The van der Waals surface area contributed by atoms with Gasteiger partial charge in [0.2, 0.25) is 0 Å². The molecule has 1 rings (SSSR count). The average Bonchev–Trinajstić information content (AvgIpc) is 2.36. The van der Waals surface area contributed by atoms with Gasteiger partial charge in [-0.3, -0.25) is 0 Å². The van der Waals surface area contributed by atoms with Gasteiger partial charge in [-0.05, 0) is 23.8 Å². The summed E-state index contributed by atoms with van der Waals surface area (Å²) in [5.74, 6) is 0. The highest BCUT2D eigenvalue weighted by Gasteiger charge is 2.23. The standard InChI is InChI=1S/C16H27NO/c1-4-10-16(2,14-17-11-12-18-3)13-15-8-6-5-7-9-15/h5-9,17H,4,10-14H2,1-3H3. The van der Waals surface area contributed by atoms with E-state index < -0.39 is 0 Å². The molecule has 1 atom stereocenters. The minimum Gasteiger partial charge on any atom is -0.383 e. The van der Waals surface area contributed by atoms with Gasteiger partial charge in [0.15, 0.2) is 0 Å². The highest BCUT2D eigenvalue weighted by molar-refractivity contribution is 5.16. The number of rotatable bonds is 9. The number of benzene rings is 1. The highest BCUT2D eigenvalue weighted by Crippen LogP contribution is 2.27. The minimum absolute atomic E-state index is 0.337. The number of hydrogen-bond acceptors (Lipinski definition) is 2. The van der Waals surface area contributed by atoms with Gasteiger partial charge in [-0.15, -0.1) is 0 Å². The van der Waals surface area contributed by atoms with Crippen LogP contribution >= 0.6 is 0 Å². The van der Waals surface area contributed by atoms with E-state index in [1.165, 1.54) is 18.4 Å². The van der Waals surface area contributed by atoms with E-state index in [1.807, 2.05) is 0 Å². The third-order valence-corrected chi connectivity index (χ3v) is 3.36. The summed E-state index contributed by atoms with van der Waals surface area (Å²) in [5, 5.41) is 3.51. The van der Waals surface area contributed by atoms with Crippen LogP contribution < -0.4 is 5.32 Å². The Hall–Kier alpha value is -0.860. The Labute approximate surface area is 112 Å². The van der Waals surface area contributed by atoms with E-state index in [4.69, 9.17) is 4.74 Å². The number of ether oxygens (including phenoxy) is 1. The van der Waals surface area contributed by atoms with E-state index in [0.717, 1.165) is 26.1 Å². The zero-order valence-corrected chi connectivity index (χ0v) is 12.0. The molecule has 0 heterocycles. The third kappa shape index (κ3) is 5.65. The monoisotopic (exact) mass is 249 g/mol. The molecule has 0 amide bonds. The van der Waals surface area contributed by atoms with E-state index in [0.29, 0.717) is 5.41 Å². The summed E-state index contributed by atoms with van der Waals surface area (Å²) in [7, 11) is 1.75. The maximum absolute atomic E-state index is 5.07. The molecule has 0 aliphatic carbocycles. The van der Waals surface area contributed by atoms with E-state index in [1.54, 1.807) is 7.11 Å². The molecular formula is C16H27NO. The Morgan fingerprint density at radius 1 is 1.22 bits per heavy atom. The lowest BCUT2D eigenvalue weighted by atomic mass is 9.79. The Morgan fingerprint density at radius 2 is 1.94 bits per heavy atom. The normalized spacial score (nSPS) is 14.4. The summed E-state index contributed by atoms with van der Waals surface area (Å²) in [6.45, 7) is 7.42. The Kier molecular flexibility index (Phi) is 6.99. The second-order valence-corrected chi connectivity index (χ2v) is 5.39. The van der Waals surface area contributed by atoms with Gasteiger partial charge in [0.25, 0.3) is 0 Å². The average molecular weight is 249 g/mol. The molecule has 0 radical (unpaired) electrons. The summed E-state index contributed by atoms with van der Waals surface area (Å²) in [5.41, 5.74) is 1.77. The summed E-state index contributed by atoms with van der Waals surface area (Å²) in [6.07, 6.45) is 3.62. The van der Waals surface area contributed by atoms with Crippen molar-refractivity contribution in [2.45, 2.75) is 33.1 Å². The fourth-order valence-electron chi connectivity index (χ4n) is 2.50. The quantitative estimate of drug-likeness (QED) is 0.678. The predicted octanol–water partition coefficient (Wildman–Crippen LogP) is 3.27. The molecule has 0 fully saturated rings. The van der Waals surface area contributed by atoms with Gasteiger partial charge in [0.05, 0.1) is 6.61 Å². The molecule has 2 heteroatoms. The van der Waals surface area contributed by atoms with Crippen LogP contribution in [0.1, 0.15) is 32.3 Å². The lowest BCUT2D eigenvalue weighted by Crippen LogP contribution is -2.35. The van der Waals surface area contributed by atoms with Crippen molar-refractivity contribution in [3.63, 3.8) is 0 Å². The first-order chi connectivity index (χ1) is 8.70. The SMILES string of the molecule is CCCC(C)(CNCCOC)Cc1ccccc1. The molecule has 0 aromatic heterocycles. The van der Waals surface area contributed by atoms with Crippen LogP contribution in [0, 0.1) is 5.41 Å². The summed E-state index contributed by atoms with van der Waals surface area (Å²) < 4.78 is 5.07. The molecule has 18 heavy (non-hydrogen) atoms.